The van der Waals surface area contributed by atoms with Crippen LogP contribution in [0.25, 0.3) is 0 Å². The van der Waals surface area contributed by atoms with Crippen LogP contribution in [0.15, 0.2) is 41.0 Å². The van der Waals surface area contributed by atoms with Crippen molar-refractivity contribution in [1.82, 2.24) is 10.3 Å². The smallest absolute Gasteiger partial charge is 0.322 e. The maximum Gasteiger partial charge on any atom is 0.322 e. The number of nitrogens with one attached hydrogen (secondary N) is 1. The molecule has 1 atom stereocenters. The number of aromatic nitrogens is 1. The van der Waals surface area contributed by atoms with Gasteiger partial charge in [0.2, 0.25) is 0 Å². The fourth-order valence-electron chi connectivity index (χ4n) is 2.55. The van der Waals surface area contributed by atoms with Gasteiger partial charge in [0.25, 0.3) is 0 Å². The van der Waals surface area contributed by atoms with E-state index in [0.717, 1.165) is 27.8 Å². The van der Waals surface area contributed by atoms with Crippen LogP contribution in [0.1, 0.15) is 24.2 Å². The Bertz CT molecular complexity index is 722. The van der Waals surface area contributed by atoms with Crippen LogP contribution in [0.3, 0.4) is 0 Å². The molecule has 1 aliphatic rings. The molecule has 0 fully saturated rings. The van der Waals surface area contributed by atoms with Crippen molar-refractivity contribution < 1.29 is 9.18 Å². The Labute approximate surface area is 136 Å². The number of hydrogen-bond donors (Lipinski definition) is 1. The van der Waals surface area contributed by atoms with E-state index in [2.05, 4.69) is 26.2 Å². The van der Waals surface area contributed by atoms with Crippen molar-refractivity contribution in [2.24, 2.45) is 0 Å². The second kappa shape index (κ2) is 6.04. The zero-order valence-corrected chi connectivity index (χ0v) is 13.6. The predicted octanol–water partition coefficient (Wildman–Crippen LogP) is 3.82. The van der Waals surface area contributed by atoms with E-state index < -0.39 is 0 Å². The molecule has 1 aromatic carbocycles. The van der Waals surface area contributed by atoms with Gasteiger partial charge in [-0.05, 0) is 46.6 Å². The average molecular weight is 364 g/mol. The number of nitrogens with zero attached hydrogens (tertiary/aromatic N) is 2. The molecule has 1 aromatic heterocycles. The average Bonchev–Trinajstić information content (AvgIpc) is 2.90. The van der Waals surface area contributed by atoms with Gasteiger partial charge in [-0.3, -0.25) is 9.88 Å². The number of anilines is 1. The number of amides is 2. The van der Waals surface area contributed by atoms with Gasteiger partial charge < -0.3 is 5.32 Å². The molecule has 0 unspecified atom stereocenters. The number of carbonyl (C=O) groups is 1. The van der Waals surface area contributed by atoms with Gasteiger partial charge in [0.15, 0.2) is 0 Å². The number of urea groups is 1. The Balaban J connectivity index is 1.75. The first-order valence-corrected chi connectivity index (χ1v) is 7.82. The van der Waals surface area contributed by atoms with Crippen molar-refractivity contribution in [1.29, 1.82) is 0 Å². The van der Waals surface area contributed by atoms with E-state index in [0.29, 0.717) is 6.54 Å². The van der Waals surface area contributed by atoms with Gasteiger partial charge in [-0.1, -0.05) is 12.1 Å². The Hall–Kier alpha value is -1.95. The fourth-order valence-corrected chi connectivity index (χ4v) is 2.87. The Morgan fingerprint density at radius 3 is 3.05 bits per heavy atom. The molecule has 3 rings (SSSR count). The van der Waals surface area contributed by atoms with Crippen molar-refractivity contribution in [3.05, 3.63) is 58.1 Å². The van der Waals surface area contributed by atoms with Gasteiger partial charge in [-0.15, -0.1) is 0 Å². The zero-order chi connectivity index (χ0) is 15.7. The number of benzene rings is 1. The minimum atomic E-state index is -0.307. The lowest BCUT2D eigenvalue weighted by molar-refractivity contribution is 0.244. The maximum atomic E-state index is 13.3. The summed E-state index contributed by atoms with van der Waals surface area (Å²) in [5.74, 6) is -0.307. The molecule has 2 aromatic rings. The molecular formula is C16H15BrFN3O. The molecule has 0 saturated heterocycles. The van der Waals surface area contributed by atoms with Gasteiger partial charge in [0.05, 0.1) is 17.4 Å². The second-order valence-electron chi connectivity index (χ2n) is 5.25. The van der Waals surface area contributed by atoms with Crippen molar-refractivity contribution in [2.45, 2.75) is 19.4 Å². The number of carbonyl (C=O) groups excluding carboxylic acids is 1. The minimum Gasteiger partial charge on any atom is -0.331 e. The summed E-state index contributed by atoms with van der Waals surface area (Å²) in [7, 11) is 0. The lowest BCUT2D eigenvalue weighted by Crippen LogP contribution is -2.40. The third-order valence-electron chi connectivity index (χ3n) is 3.71. The first-order valence-electron chi connectivity index (χ1n) is 7.02. The van der Waals surface area contributed by atoms with Crippen LogP contribution in [0, 0.1) is 5.82 Å². The summed E-state index contributed by atoms with van der Waals surface area (Å²) in [6.45, 7) is 2.43. The van der Waals surface area contributed by atoms with Crippen LogP contribution < -0.4 is 10.2 Å². The molecule has 0 spiro atoms. The molecule has 2 heterocycles. The molecule has 1 aliphatic heterocycles. The minimum absolute atomic E-state index is 0.199. The van der Waals surface area contributed by atoms with Gasteiger partial charge >= 0.3 is 6.03 Å². The molecule has 0 radical (unpaired) electrons. The SMILES string of the molecule is C[C@H](NC(=O)N1CCc2ncc(Br)cc21)c1cccc(F)c1. The quantitative estimate of drug-likeness (QED) is 0.881. The first kappa shape index (κ1) is 15.0. The molecule has 6 heteroatoms. The third-order valence-corrected chi connectivity index (χ3v) is 4.14. The van der Waals surface area contributed by atoms with E-state index in [-0.39, 0.29) is 17.9 Å². The van der Waals surface area contributed by atoms with Crippen molar-refractivity contribution in [2.75, 3.05) is 11.4 Å². The summed E-state index contributed by atoms with van der Waals surface area (Å²) >= 11 is 3.37. The summed E-state index contributed by atoms with van der Waals surface area (Å²) in [5, 5.41) is 2.90. The highest BCUT2D eigenvalue weighted by molar-refractivity contribution is 9.10. The summed E-state index contributed by atoms with van der Waals surface area (Å²) in [6.07, 6.45) is 2.47. The largest absolute Gasteiger partial charge is 0.331 e. The van der Waals surface area contributed by atoms with Crippen LogP contribution in [0.4, 0.5) is 14.9 Å². The van der Waals surface area contributed by atoms with E-state index in [4.69, 9.17) is 0 Å². The highest BCUT2D eigenvalue weighted by Gasteiger charge is 2.26. The van der Waals surface area contributed by atoms with Crippen molar-refractivity contribution >= 4 is 27.6 Å². The summed E-state index contributed by atoms with van der Waals surface area (Å²) in [5.41, 5.74) is 2.47. The third kappa shape index (κ3) is 2.97. The zero-order valence-electron chi connectivity index (χ0n) is 12.0. The molecule has 0 saturated carbocycles. The van der Waals surface area contributed by atoms with Crippen LogP contribution in [-0.4, -0.2) is 17.6 Å². The molecule has 4 nitrogen and oxygen atoms in total. The van der Waals surface area contributed by atoms with Crippen LogP contribution in [0.5, 0.6) is 0 Å². The number of fused-ring (bicyclic) bond motifs is 1. The highest BCUT2D eigenvalue weighted by atomic mass is 79.9. The van der Waals surface area contributed by atoms with E-state index >= 15 is 0 Å². The van der Waals surface area contributed by atoms with E-state index in [9.17, 15) is 9.18 Å². The van der Waals surface area contributed by atoms with Crippen LogP contribution in [-0.2, 0) is 6.42 Å². The van der Waals surface area contributed by atoms with Gasteiger partial charge in [-0.25, -0.2) is 9.18 Å². The molecule has 22 heavy (non-hydrogen) atoms. The van der Waals surface area contributed by atoms with Gasteiger partial charge in [0, 0.05) is 23.6 Å². The monoisotopic (exact) mass is 363 g/mol. The van der Waals surface area contributed by atoms with E-state index in [1.807, 2.05) is 13.0 Å². The number of pyridine rings is 1. The lowest BCUT2D eigenvalue weighted by Gasteiger charge is -2.21. The van der Waals surface area contributed by atoms with E-state index in [1.54, 1.807) is 23.2 Å². The highest BCUT2D eigenvalue weighted by Crippen LogP contribution is 2.29. The summed E-state index contributed by atoms with van der Waals surface area (Å²) in [6, 6.07) is 7.67. The Kier molecular flexibility index (Phi) is 4.11. The molecule has 0 bridgehead atoms. The number of hydrogen-bond acceptors (Lipinski definition) is 2. The van der Waals surface area contributed by atoms with Crippen LogP contribution in [0.2, 0.25) is 0 Å². The van der Waals surface area contributed by atoms with Crippen molar-refractivity contribution in [3.63, 3.8) is 0 Å². The molecular weight excluding hydrogens is 349 g/mol. The van der Waals surface area contributed by atoms with E-state index in [1.165, 1.54) is 12.1 Å². The Morgan fingerprint density at radius 2 is 2.27 bits per heavy atom. The van der Waals surface area contributed by atoms with Crippen molar-refractivity contribution in [3.8, 4) is 0 Å². The molecule has 0 aliphatic carbocycles. The summed E-state index contributed by atoms with van der Waals surface area (Å²) in [4.78, 5) is 18.5. The lowest BCUT2D eigenvalue weighted by atomic mass is 10.1. The summed E-state index contributed by atoms with van der Waals surface area (Å²) < 4.78 is 14.1. The predicted molar refractivity (Wildman–Crippen MR) is 86.3 cm³/mol. The van der Waals surface area contributed by atoms with Crippen LogP contribution >= 0.6 is 15.9 Å². The topological polar surface area (TPSA) is 45.2 Å². The normalized spacial score (nSPS) is 14.6. The molecule has 114 valence electrons. The van der Waals surface area contributed by atoms with Gasteiger partial charge in [0.1, 0.15) is 5.82 Å². The number of rotatable bonds is 2. The standard InChI is InChI=1S/C16H15BrFN3O/c1-10(11-3-2-4-13(18)7-11)20-16(22)21-6-5-14-15(21)8-12(17)9-19-14/h2-4,7-10H,5-6H2,1H3,(H,20,22)/t10-/m0/s1. The number of halogens is 2. The maximum absolute atomic E-state index is 13.3. The van der Waals surface area contributed by atoms with Gasteiger partial charge in [-0.2, -0.15) is 0 Å². The molecule has 2 amide bonds. The second-order valence-corrected chi connectivity index (χ2v) is 6.16. The molecule has 1 N–H and O–H groups in total. The fraction of sp³-hybridized carbons (Fsp3) is 0.250. The Morgan fingerprint density at radius 1 is 1.45 bits per heavy atom. The first-order chi connectivity index (χ1) is 10.5.